The molecule has 0 amide bonds. The Labute approximate surface area is 207 Å². The summed E-state index contributed by atoms with van der Waals surface area (Å²) < 4.78 is 6.95. The van der Waals surface area contributed by atoms with Crippen LogP contribution >= 0.6 is 0 Å². The Bertz CT molecular complexity index is 683. The molecule has 0 radical (unpaired) electrons. The summed E-state index contributed by atoms with van der Waals surface area (Å²) in [5, 5.41) is 9.67. The maximum Gasteiger partial charge on any atom is 0.192 e. The average Bonchev–Trinajstić information content (AvgIpc) is 3.08. The smallest absolute Gasteiger partial charge is 0.192 e. The Morgan fingerprint density at radius 3 is 2.27 bits per heavy atom. The molecule has 0 bridgehead atoms. The fraction of sp³-hybridized carbons (Fsp3) is 1.00. The van der Waals surface area contributed by atoms with Gasteiger partial charge in [0.2, 0.25) is 0 Å². The van der Waals surface area contributed by atoms with Crippen LogP contribution in [0.2, 0.25) is 18.1 Å². The van der Waals surface area contributed by atoms with E-state index < -0.39 is 8.32 Å². The molecule has 0 aromatic heterocycles. The molecule has 4 rings (SSSR count). The van der Waals surface area contributed by atoms with Gasteiger partial charge in [0, 0.05) is 12.7 Å². The highest BCUT2D eigenvalue weighted by molar-refractivity contribution is 6.74. The molecule has 4 aliphatic carbocycles. The van der Waals surface area contributed by atoms with Crippen molar-refractivity contribution in [3.05, 3.63) is 0 Å². The van der Waals surface area contributed by atoms with Gasteiger partial charge in [-0.05, 0) is 135 Å². The Morgan fingerprint density at radius 2 is 1.61 bits per heavy atom. The maximum atomic E-state index is 9.36. The molecule has 0 spiro atoms. The second-order valence-corrected chi connectivity index (χ2v) is 19.8. The summed E-state index contributed by atoms with van der Waals surface area (Å²) in [5.74, 6) is 5.42. The summed E-state index contributed by atoms with van der Waals surface area (Å²) in [6, 6.07) is 0. The van der Waals surface area contributed by atoms with Gasteiger partial charge in [0.05, 0.1) is 0 Å². The van der Waals surface area contributed by atoms with Crippen LogP contribution in [0.3, 0.4) is 0 Å². The molecule has 9 atom stereocenters. The summed E-state index contributed by atoms with van der Waals surface area (Å²) in [5.41, 5.74) is 1.11. The Hall–Kier alpha value is 0.137. The monoisotopic (exact) mass is 476 g/mol. The molecule has 4 saturated carbocycles. The molecule has 33 heavy (non-hydrogen) atoms. The molecule has 1 N–H and O–H groups in total. The standard InChI is InChI=1S/C30H56O2Si/c1-21(10-9-19-31)25-13-14-26-24-12-11-22-20-23(32-33(7,8)28(2,3)4)15-17-29(22,5)27(24)16-18-30(25,26)6/h21-27,31H,9-20H2,1-8H3/t21-,22-,23-,24+,25-,26+,27+,29+,30-/m1/s1. The third kappa shape index (κ3) is 4.55. The number of aliphatic hydroxyl groups excluding tert-OH is 1. The molecule has 0 heterocycles. The minimum absolute atomic E-state index is 0.312. The van der Waals surface area contributed by atoms with Gasteiger partial charge in [-0.3, -0.25) is 0 Å². The second kappa shape index (κ2) is 9.22. The third-order valence-corrected chi connectivity index (χ3v) is 17.0. The number of rotatable bonds is 6. The van der Waals surface area contributed by atoms with E-state index in [2.05, 4.69) is 54.6 Å². The Balaban J connectivity index is 1.45. The van der Waals surface area contributed by atoms with Gasteiger partial charge in [0.25, 0.3) is 0 Å². The van der Waals surface area contributed by atoms with Crippen molar-refractivity contribution in [3.63, 3.8) is 0 Å². The van der Waals surface area contributed by atoms with Crippen LogP contribution in [0.25, 0.3) is 0 Å². The van der Waals surface area contributed by atoms with Crippen LogP contribution in [0.5, 0.6) is 0 Å². The molecule has 0 unspecified atom stereocenters. The number of aliphatic hydroxyl groups is 1. The van der Waals surface area contributed by atoms with Crippen LogP contribution in [0.15, 0.2) is 0 Å². The summed E-state index contributed by atoms with van der Waals surface area (Å²) in [7, 11) is -1.68. The van der Waals surface area contributed by atoms with Gasteiger partial charge in [0.15, 0.2) is 8.32 Å². The molecule has 0 aromatic carbocycles. The zero-order valence-electron chi connectivity index (χ0n) is 23.4. The van der Waals surface area contributed by atoms with Crippen molar-refractivity contribution in [3.8, 4) is 0 Å². The molecule has 0 saturated heterocycles. The number of hydrogen-bond donors (Lipinski definition) is 1. The summed E-state index contributed by atoms with van der Waals surface area (Å²) >= 11 is 0. The van der Waals surface area contributed by atoms with Crippen LogP contribution in [-0.4, -0.2) is 26.1 Å². The normalized spacial score (nSPS) is 44.6. The summed E-state index contributed by atoms with van der Waals surface area (Å²) in [6.07, 6.45) is 15.5. The van der Waals surface area contributed by atoms with Crippen molar-refractivity contribution in [1.29, 1.82) is 0 Å². The largest absolute Gasteiger partial charge is 0.414 e. The van der Waals surface area contributed by atoms with Crippen molar-refractivity contribution >= 4 is 8.32 Å². The quantitative estimate of drug-likeness (QED) is 0.390. The molecule has 0 aliphatic heterocycles. The van der Waals surface area contributed by atoms with Crippen molar-refractivity contribution in [1.82, 2.24) is 0 Å². The third-order valence-electron chi connectivity index (χ3n) is 12.5. The second-order valence-electron chi connectivity index (χ2n) is 15.0. The first-order valence-corrected chi connectivity index (χ1v) is 17.5. The van der Waals surface area contributed by atoms with Gasteiger partial charge in [-0.25, -0.2) is 0 Å². The Kier molecular flexibility index (Phi) is 7.32. The zero-order chi connectivity index (χ0) is 24.2. The van der Waals surface area contributed by atoms with Crippen LogP contribution in [0.4, 0.5) is 0 Å². The average molecular weight is 477 g/mol. The highest BCUT2D eigenvalue weighted by Gasteiger charge is 2.60. The fourth-order valence-electron chi connectivity index (χ4n) is 9.51. The Morgan fingerprint density at radius 1 is 0.939 bits per heavy atom. The first-order valence-electron chi connectivity index (χ1n) is 14.6. The highest BCUT2D eigenvalue weighted by atomic mass is 28.4. The van der Waals surface area contributed by atoms with Crippen molar-refractivity contribution in [2.75, 3.05) is 6.61 Å². The van der Waals surface area contributed by atoms with E-state index in [-0.39, 0.29) is 0 Å². The predicted molar refractivity (Wildman–Crippen MR) is 143 cm³/mol. The SMILES string of the molecule is C[C@H](CCCO)[C@H]1CC[C@H]2[C@@H]3CC[C@@H]4C[C@H](O[Si](C)(C)C(C)(C)C)CC[C@]4(C)[C@H]3CC[C@]12C. The van der Waals surface area contributed by atoms with E-state index in [1.165, 1.54) is 64.2 Å². The van der Waals surface area contributed by atoms with Gasteiger partial charge in [0.1, 0.15) is 0 Å². The van der Waals surface area contributed by atoms with E-state index in [4.69, 9.17) is 4.43 Å². The minimum Gasteiger partial charge on any atom is -0.414 e. The van der Waals surface area contributed by atoms with Crippen LogP contribution < -0.4 is 0 Å². The topological polar surface area (TPSA) is 29.5 Å². The first kappa shape index (κ1) is 26.2. The lowest BCUT2D eigenvalue weighted by Gasteiger charge is -2.61. The van der Waals surface area contributed by atoms with E-state index in [1.54, 1.807) is 0 Å². The van der Waals surface area contributed by atoms with Crippen LogP contribution in [-0.2, 0) is 4.43 Å². The number of hydrogen-bond acceptors (Lipinski definition) is 2. The van der Waals surface area contributed by atoms with Crippen molar-refractivity contribution < 1.29 is 9.53 Å². The number of fused-ring (bicyclic) bond motifs is 5. The molecule has 2 nitrogen and oxygen atoms in total. The first-order chi connectivity index (χ1) is 15.3. The van der Waals surface area contributed by atoms with Gasteiger partial charge in [-0.15, -0.1) is 0 Å². The van der Waals surface area contributed by atoms with Crippen LogP contribution in [0, 0.1) is 46.3 Å². The van der Waals surface area contributed by atoms with Crippen molar-refractivity contribution in [2.45, 2.75) is 136 Å². The van der Waals surface area contributed by atoms with Gasteiger partial charge in [-0.1, -0.05) is 41.5 Å². The molecular weight excluding hydrogens is 420 g/mol. The zero-order valence-corrected chi connectivity index (χ0v) is 24.4. The molecule has 4 fully saturated rings. The van der Waals surface area contributed by atoms with E-state index in [9.17, 15) is 5.11 Å². The predicted octanol–water partition coefficient (Wildman–Crippen LogP) is 8.44. The molecular formula is C30H56O2Si. The van der Waals surface area contributed by atoms with E-state index >= 15 is 0 Å². The van der Waals surface area contributed by atoms with Gasteiger partial charge < -0.3 is 9.53 Å². The minimum atomic E-state index is -1.68. The van der Waals surface area contributed by atoms with Gasteiger partial charge >= 0.3 is 0 Å². The van der Waals surface area contributed by atoms with Crippen LogP contribution in [0.1, 0.15) is 112 Å². The fourth-order valence-corrected chi connectivity index (χ4v) is 10.9. The van der Waals surface area contributed by atoms with E-state index in [1.807, 2.05) is 0 Å². The summed E-state index contributed by atoms with van der Waals surface area (Å²) in [6.45, 7) is 20.3. The van der Waals surface area contributed by atoms with Crippen molar-refractivity contribution in [2.24, 2.45) is 46.3 Å². The lowest BCUT2D eigenvalue weighted by Crippen LogP contribution is -2.55. The molecule has 4 aliphatic rings. The van der Waals surface area contributed by atoms with Gasteiger partial charge in [-0.2, -0.15) is 0 Å². The molecule has 0 aromatic rings. The molecule has 3 heteroatoms. The van der Waals surface area contributed by atoms with E-state index in [0.29, 0.717) is 28.6 Å². The summed E-state index contributed by atoms with van der Waals surface area (Å²) in [4.78, 5) is 0. The lowest BCUT2D eigenvalue weighted by molar-refractivity contribution is -0.127. The maximum absolute atomic E-state index is 9.36. The molecule has 192 valence electrons. The van der Waals surface area contributed by atoms with E-state index in [0.717, 1.165) is 41.9 Å². The lowest BCUT2D eigenvalue weighted by atomic mass is 9.44. The highest BCUT2D eigenvalue weighted by Crippen LogP contribution is 2.68.